The van der Waals surface area contributed by atoms with Crippen LogP contribution >= 0.6 is 0 Å². The molecule has 1 atom stereocenters. The van der Waals surface area contributed by atoms with Crippen molar-refractivity contribution in [3.63, 3.8) is 0 Å². The fourth-order valence-electron chi connectivity index (χ4n) is 3.07. The molecule has 1 N–H and O–H groups in total. The van der Waals surface area contributed by atoms with Crippen molar-refractivity contribution in [3.05, 3.63) is 23.3 Å². The second-order valence-corrected chi connectivity index (χ2v) is 8.37. The Morgan fingerprint density at radius 2 is 2.08 bits per heavy atom. The van der Waals surface area contributed by atoms with Crippen LogP contribution in [0.3, 0.4) is 0 Å². The Hall–Kier alpha value is -1.68. The average molecular weight is 386 g/mol. The van der Waals surface area contributed by atoms with E-state index < -0.39 is 16.0 Å². The number of nitrogens with zero attached hydrogens (tertiary/aromatic N) is 2. The maximum Gasteiger partial charge on any atom is 0.317 e. The van der Waals surface area contributed by atoms with E-state index in [4.69, 9.17) is 14.6 Å². The molecular weight excluding hydrogens is 360 g/mol. The SMILES string of the molecule is COc1ccc(S(=O)(=O)N2CCOC(CN(C)CC(=O)O)C2)c(C)c1C. The molecule has 1 unspecified atom stereocenters. The molecule has 0 amide bonds. The van der Waals surface area contributed by atoms with E-state index in [1.807, 2.05) is 6.92 Å². The molecule has 1 aliphatic rings. The van der Waals surface area contributed by atoms with E-state index in [0.717, 1.165) is 5.56 Å². The fraction of sp³-hybridized carbons (Fsp3) is 0.588. The molecule has 8 nitrogen and oxygen atoms in total. The first-order valence-electron chi connectivity index (χ1n) is 8.33. The average Bonchev–Trinajstić information content (AvgIpc) is 2.56. The van der Waals surface area contributed by atoms with Gasteiger partial charge in [-0.2, -0.15) is 4.31 Å². The van der Waals surface area contributed by atoms with Gasteiger partial charge in [0.15, 0.2) is 0 Å². The number of aliphatic carboxylic acids is 1. The van der Waals surface area contributed by atoms with E-state index in [0.29, 0.717) is 17.9 Å². The van der Waals surface area contributed by atoms with Crippen molar-refractivity contribution in [2.45, 2.75) is 24.8 Å². The Balaban J connectivity index is 2.18. The maximum absolute atomic E-state index is 13.1. The van der Waals surface area contributed by atoms with Crippen LogP contribution in [0.2, 0.25) is 0 Å². The number of methoxy groups -OCH3 is 1. The zero-order valence-electron chi connectivity index (χ0n) is 15.6. The van der Waals surface area contributed by atoms with E-state index in [2.05, 4.69) is 0 Å². The lowest BCUT2D eigenvalue weighted by atomic mass is 10.1. The lowest BCUT2D eigenvalue weighted by molar-refractivity contribution is -0.138. The van der Waals surface area contributed by atoms with Gasteiger partial charge in [-0.1, -0.05) is 0 Å². The number of benzene rings is 1. The number of rotatable bonds is 7. The number of ether oxygens (including phenoxy) is 2. The quantitative estimate of drug-likeness (QED) is 0.737. The van der Waals surface area contributed by atoms with Crippen LogP contribution in [0, 0.1) is 13.8 Å². The molecule has 9 heteroatoms. The van der Waals surface area contributed by atoms with Gasteiger partial charge in [-0.05, 0) is 44.2 Å². The number of carbonyl (C=O) groups is 1. The topological polar surface area (TPSA) is 96.4 Å². The van der Waals surface area contributed by atoms with Crippen LogP contribution < -0.4 is 4.74 Å². The van der Waals surface area contributed by atoms with Crippen molar-refractivity contribution in [1.29, 1.82) is 0 Å². The van der Waals surface area contributed by atoms with Crippen LogP contribution in [0.1, 0.15) is 11.1 Å². The smallest absolute Gasteiger partial charge is 0.317 e. The van der Waals surface area contributed by atoms with E-state index in [1.165, 1.54) is 4.31 Å². The van der Waals surface area contributed by atoms with Gasteiger partial charge in [-0.15, -0.1) is 0 Å². The molecule has 146 valence electrons. The number of carboxylic acids is 1. The summed E-state index contributed by atoms with van der Waals surface area (Å²) in [7, 11) is -0.449. The van der Waals surface area contributed by atoms with Crippen LogP contribution in [-0.4, -0.2) is 81.7 Å². The van der Waals surface area contributed by atoms with E-state index in [9.17, 15) is 13.2 Å². The Labute approximate surface area is 154 Å². The zero-order chi connectivity index (χ0) is 19.5. The summed E-state index contributed by atoms with van der Waals surface area (Å²) in [4.78, 5) is 12.6. The van der Waals surface area contributed by atoms with Crippen molar-refractivity contribution < 1.29 is 27.8 Å². The number of hydrogen-bond acceptors (Lipinski definition) is 6. The van der Waals surface area contributed by atoms with Gasteiger partial charge in [0.05, 0.1) is 31.3 Å². The number of morpholine rings is 1. The van der Waals surface area contributed by atoms with Gasteiger partial charge in [0.25, 0.3) is 0 Å². The van der Waals surface area contributed by atoms with Crippen molar-refractivity contribution in [1.82, 2.24) is 9.21 Å². The molecule has 0 spiro atoms. The van der Waals surface area contributed by atoms with Gasteiger partial charge in [0.1, 0.15) is 5.75 Å². The van der Waals surface area contributed by atoms with Crippen molar-refractivity contribution >= 4 is 16.0 Å². The van der Waals surface area contributed by atoms with Crippen LogP contribution in [0.4, 0.5) is 0 Å². The molecule has 1 aromatic carbocycles. The number of carboxylic acid groups (broad SMARTS) is 1. The summed E-state index contributed by atoms with van der Waals surface area (Å²) in [6.07, 6.45) is -0.373. The predicted octanol–water partition coefficient (Wildman–Crippen LogP) is 0.718. The van der Waals surface area contributed by atoms with Crippen LogP contribution in [0.25, 0.3) is 0 Å². The van der Waals surface area contributed by atoms with Crippen molar-refractivity contribution in [2.24, 2.45) is 0 Å². The molecule has 0 aliphatic carbocycles. The fourth-order valence-corrected chi connectivity index (χ4v) is 4.81. The molecule has 0 bridgehead atoms. The lowest BCUT2D eigenvalue weighted by Crippen LogP contribution is -2.49. The molecule has 2 rings (SSSR count). The highest BCUT2D eigenvalue weighted by Crippen LogP contribution is 2.29. The molecular formula is C17H26N2O6S. The summed E-state index contributed by atoms with van der Waals surface area (Å²) < 4.78 is 38.5. The Morgan fingerprint density at radius 1 is 1.38 bits per heavy atom. The van der Waals surface area contributed by atoms with Crippen LogP contribution in [0.5, 0.6) is 5.75 Å². The lowest BCUT2D eigenvalue weighted by Gasteiger charge is -2.34. The minimum Gasteiger partial charge on any atom is -0.496 e. The first kappa shape index (κ1) is 20.6. The van der Waals surface area contributed by atoms with Gasteiger partial charge in [0, 0.05) is 19.6 Å². The van der Waals surface area contributed by atoms with Crippen LogP contribution in [0.15, 0.2) is 17.0 Å². The number of hydrogen-bond donors (Lipinski definition) is 1. The van der Waals surface area contributed by atoms with E-state index in [-0.39, 0.29) is 37.2 Å². The first-order chi connectivity index (χ1) is 12.2. The standard InChI is InChI=1S/C17H26N2O6S/c1-12-13(2)16(6-5-15(12)24-4)26(22,23)19-7-8-25-14(10-19)9-18(3)11-17(20)21/h5-6,14H,7-11H2,1-4H3,(H,20,21). The number of sulfonamides is 1. The summed E-state index contributed by atoms with van der Waals surface area (Å²) in [6, 6.07) is 3.23. The largest absolute Gasteiger partial charge is 0.496 e. The van der Waals surface area contributed by atoms with Gasteiger partial charge in [-0.3, -0.25) is 9.69 Å². The summed E-state index contributed by atoms with van der Waals surface area (Å²) in [6.45, 7) is 4.56. The van der Waals surface area contributed by atoms with Crippen molar-refractivity contribution in [3.8, 4) is 5.75 Å². The third-order valence-corrected chi connectivity index (χ3v) is 6.56. The molecule has 1 fully saturated rings. The minimum absolute atomic E-state index is 0.122. The van der Waals surface area contributed by atoms with Crippen LogP contribution in [-0.2, 0) is 19.6 Å². The third kappa shape index (κ3) is 4.53. The van der Waals surface area contributed by atoms with E-state index in [1.54, 1.807) is 38.1 Å². The highest BCUT2D eigenvalue weighted by atomic mass is 32.2. The van der Waals surface area contributed by atoms with Gasteiger partial charge in [0.2, 0.25) is 10.0 Å². The molecule has 0 aromatic heterocycles. The summed E-state index contributed by atoms with van der Waals surface area (Å²) >= 11 is 0. The molecule has 1 heterocycles. The molecule has 0 saturated carbocycles. The van der Waals surface area contributed by atoms with E-state index >= 15 is 0 Å². The summed E-state index contributed by atoms with van der Waals surface area (Å²) in [5, 5.41) is 8.84. The van der Waals surface area contributed by atoms with Gasteiger partial charge < -0.3 is 14.6 Å². The monoisotopic (exact) mass is 386 g/mol. The maximum atomic E-state index is 13.1. The Morgan fingerprint density at radius 3 is 2.69 bits per heavy atom. The number of likely N-dealkylation sites (N-methyl/N-ethyl adjacent to an activating group) is 1. The Bertz CT molecular complexity index is 765. The Kier molecular flexibility index (Phi) is 6.62. The van der Waals surface area contributed by atoms with Gasteiger partial charge >= 0.3 is 5.97 Å². The molecule has 1 aromatic rings. The third-order valence-electron chi connectivity index (χ3n) is 4.55. The first-order valence-corrected chi connectivity index (χ1v) is 9.77. The normalized spacial score (nSPS) is 18.9. The summed E-state index contributed by atoms with van der Waals surface area (Å²) in [5.41, 5.74) is 1.45. The second kappa shape index (κ2) is 8.34. The molecule has 0 radical (unpaired) electrons. The van der Waals surface area contributed by atoms with Crippen molar-refractivity contribution in [2.75, 3.05) is 46.9 Å². The highest BCUT2D eigenvalue weighted by Gasteiger charge is 2.32. The molecule has 1 aliphatic heterocycles. The molecule has 26 heavy (non-hydrogen) atoms. The second-order valence-electron chi connectivity index (χ2n) is 6.46. The molecule has 1 saturated heterocycles. The summed E-state index contributed by atoms with van der Waals surface area (Å²) in [5.74, 6) is -0.284. The van der Waals surface area contributed by atoms with Gasteiger partial charge in [-0.25, -0.2) is 8.42 Å². The minimum atomic E-state index is -3.67. The highest BCUT2D eigenvalue weighted by molar-refractivity contribution is 7.89. The predicted molar refractivity (Wildman–Crippen MR) is 96.1 cm³/mol. The zero-order valence-corrected chi connectivity index (χ0v) is 16.4.